The lowest BCUT2D eigenvalue weighted by atomic mass is 10.2. The van der Waals surface area contributed by atoms with Gasteiger partial charge in [0.05, 0.1) is 5.02 Å². The first-order valence-electron chi connectivity index (χ1n) is 5.46. The average molecular weight is 375 g/mol. The van der Waals surface area contributed by atoms with Gasteiger partial charge in [0.2, 0.25) is 10.0 Å². The van der Waals surface area contributed by atoms with E-state index in [1.165, 1.54) is 6.07 Å². The maximum absolute atomic E-state index is 12.1. The van der Waals surface area contributed by atoms with Crippen LogP contribution in [0.2, 0.25) is 5.02 Å². The summed E-state index contributed by atoms with van der Waals surface area (Å²) in [5.41, 5.74) is 0. The smallest absolute Gasteiger partial charge is 0.210 e. The summed E-state index contributed by atoms with van der Waals surface area (Å²) in [5, 5.41) is -0.0375. The maximum Gasteiger partial charge on any atom is 0.243 e. The van der Waals surface area contributed by atoms with Gasteiger partial charge in [-0.1, -0.05) is 31.0 Å². The molecule has 0 saturated carbocycles. The Balaban J connectivity index is 2.87. The number of sulfonamides is 1. The predicted octanol–water partition coefficient (Wildman–Crippen LogP) is 3.79. The molecule has 1 atom stereocenters. The number of nitrogens with one attached hydrogen (secondary N) is 1. The molecule has 1 unspecified atom stereocenters. The minimum absolute atomic E-state index is 0.0482. The molecule has 0 aromatic heterocycles. The van der Waals surface area contributed by atoms with Gasteiger partial charge in [0.15, 0.2) is 0 Å². The molecule has 7 heteroatoms. The third-order valence-corrected chi connectivity index (χ3v) is 5.53. The molecule has 0 amide bonds. The van der Waals surface area contributed by atoms with Crippen molar-refractivity contribution in [2.24, 2.45) is 0 Å². The van der Waals surface area contributed by atoms with Gasteiger partial charge in [0.1, 0.15) is 4.90 Å². The van der Waals surface area contributed by atoms with Gasteiger partial charge in [-0.2, -0.15) is 0 Å². The Morgan fingerprint density at radius 3 is 2.67 bits per heavy atom. The van der Waals surface area contributed by atoms with Gasteiger partial charge < -0.3 is 0 Å². The highest BCUT2D eigenvalue weighted by atomic mass is 79.9. The maximum atomic E-state index is 12.1. The SMILES string of the molecule is CCCC(Cl)CNS(=O)(=O)c1c(Cl)cccc1Br. The highest BCUT2D eigenvalue weighted by Gasteiger charge is 2.21. The van der Waals surface area contributed by atoms with Crippen LogP contribution in [0.5, 0.6) is 0 Å². The lowest BCUT2D eigenvalue weighted by molar-refractivity contribution is 0.576. The number of alkyl halides is 1. The van der Waals surface area contributed by atoms with Crippen molar-refractivity contribution in [3.8, 4) is 0 Å². The van der Waals surface area contributed by atoms with Crippen LogP contribution in [0.3, 0.4) is 0 Å². The molecule has 0 heterocycles. The summed E-state index contributed by atoms with van der Waals surface area (Å²) in [6.07, 6.45) is 1.67. The second kappa shape index (κ2) is 7.10. The van der Waals surface area contributed by atoms with E-state index in [0.717, 1.165) is 12.8 Å². The van der Waals surface area contributed by atoms with E-state index in [9.17, 15) is 8.42 Å². The van der Waals surface area contributed by atoms with Crippen molar-refractivity contribution >= 4 is 49.2 Å². The third-order valence-electron chi connectivity index (χ3n) is 2.28. The fourth-order valence-corrected chi connectivity index (χ4v) is 4.63. The monoisotopic (exact) mass is 373 g/mol. The fourth-order valence-electron chi connectivity index (χ4n) is 1.43. The summed E-state index contributed by atoms with van der Waals surface area (Å²) in [5.74, 6) is 0. The van der Waals surface area contributed by atoms with E-state index in [-0.39, 0.29) is 21.8 Å². The molecule has 0 aliphatic carbocycles. The highest BCUT2D eigenvalue weighted by molar-refractivity contribution is 9.10. The first-order valence-corrected chi connectivity index (χ1v) is 8.55. The Hall–Kier alpha value is 0.190. The summed E-state index contributed by atoms with van der Waals surface area (Å²) in [6, 6.07) is 4.84. The summed E-state index contributed by atoms with van der Waals surface area (Å²) in [6.45, 7) is 2.18. The molecular weight excluding hydrogens is 361 g/mol. The van der Waals surface area contributed by atoms with Crippen LogP contribution < -0.4 is 4.72 Å². The van der Waals surface area contributed by atoms with Crippen LogP contribution in [0.1, 0.15) is 19.8 Å². The van der Waals surface area contributed by atoms with Crippen LogP contribution in [0.25, 0.3) is 0 Å². The molecule has 0 fully saturated rings. The molecule has 0 aliphatic heterocycles. The van der Waals surface area contributed by atoms with Crippen LogP contribution in [0.15, 0.2) is 27.6 Å². The summed E-state index contributed by atoms with van der Waals surface area (Å²) in [7, 11) is -3.65. The van der Waals surface area contributed by atoms with Crippen LogP contribution in [-0.2, 0) is 10.0 Å². The largest absolute Gasteiger partial charge is 0.243 e. The number of hydrogen-bond acceptors (Lipinski definition) is 2. The Morgan fingerprint density at radius 1 is 1.44 bits per heavy atom. The standard InChI is InChI=1S/C11H14BrCl2NO2S/c1-2-4-8(13)7-15-18(16,17)11-9(12)5-3-6-10(11)14/h3,5-6,8,15H,2,4,7H2,1H3. The number of hydrogen-bond donors (Lipinski definition) is 1. The topological polar surface area (TPSA) is 46.2 Å². The molecule has 1 N–H and O–H groups in total. The van der Waals surface area contributed by atoms with Crippen molar-refractivity contribution in [3.63, 3.8) is 0 Å². The summed E-state index contributed by atoms with van der Waals surface area (Å²) < 4.78 is 27.1. The van der Waals surface area contributed by atoms with Crippen LogP contribution >= 0.6 is 39.1 Å². The van der Waals surface area contributed by atoms with Gasteiger partial charge in [-0.3, -0.25) is 0 Å². The van der Waals surface area contributed by atoms with E-state index >= 15 is 0 Å². The van der Waals surface area contributed by atoms with Crippen molar-refractivity contribution in [2.45, 2.75) is 30.0 Å². The molecule has 102 valence electrons. The van der Waals surface area contributed by atoms with Gasteiger partial charge in [-0.05, 0) is 34.5 Å². The molecule has 0 aliphatic rings. The molecule has 0 spiro atoms. The normalized spacial score (nSPS) is 13.6. The van der Waals surface area contributed by atoms with Crippen LogP contribution in [0.4, 0.5) is 0 Å². The Morgan fingerprint density at radius 2 is 2.11 bits per heavy atom. The van der Waals surface area contributed by atoms with E-state index < -0.39 is 10.0 Å². The van der Waals surface area contributed by atoms with E-state index in [4.69, 9.17) is 23.2 Å². The van der Waals surface area contributed by atoms with Gasteiger partial charge in [0.25, 0.3) is 0 Å². The Bertz CT molecular complexity index is 488. The quantitative estimate of drug-likeness (QED) is 0.770. The zero-order valence-corrected chi connectivity index (χ0v) is 13.7. The lowest BCUT2D eigenvalue weighted by Crippen LogP contribution is -2.30. The molecule has 18 heavy (non-hydrogen) atoms. The minimum atomic E-state index is -3.65. The number of benzene rings is 1. The van der Waals surface area contributed by atoms with Gasteiger partial charge >= 0.3 is 0 Å². The Kier molecular flexibility index (Phi) is 6.41. The van der Waals surface area contributed by atoms with Crippen molar-refractivity contribution < 1.29 is 8.42 Å². The molecule has 1 aromatic carbocycles. The van der Waals surface area contributed by atoms with E-state index in [1.807, 2.05) is 6.92 Å². The Labute approximate surface area is 126 Å². The van der Waals surface area contributed by atoms with Crippen molar-refractivity contribution in [1.29, 1.82) is 0 Å². The molecular formula is C11H14BrCl2NO2S. The van der Waals surface area contributed by atoms with Crippen molar-refractivity contribution in [1.82, 2.24) is 4.72 Å². The molecule has 1 rings (SSSR count). The summed E-state index contributed by atoms with van der Waals surface area (Å²) in [4.78, 5) is 0.0482. The third kappa shape index (κ3) is 4.38. The molecule has 0 saturated heterocycles. The predicted molar refractivity (Wildman–Crippen MR) is 78.9 cm³/mol. The van der Waals surface area contributed by atoms with Gasteiger partial charge in [0, 0.05) is 16.4 Å². The summed E-state index contributed by atoms with van der Waals surface area (Å²) >= 11 is 15.1. The van der Waals surface area contributed by atoms with Crippen LogP contribution in [-0.4, -0.2) is 20.3 Å². The van der Waals surface area contributed by atoms with E-state index in [0.29, 0.717) is 4.47 Å². The molecule has 0 bridgehead atoms. The fraction of sp³-hybridized carbons (Fsp3) is 0.455. The lowest BCUT2D eigenvalue weighted by Gasteiger charge is -2.12. The number of rotatable bonds is 6. The first kappa shape index (κ1) is 16.2. The number of halogens is 3. The van der Waals surface area contributed by atoms with Gasteiger partial charge in [-0.15, -0.1) is 11.6 Å². The van der Waals surface area contributed by atoms with E-state index in [1.54, 1.807) is 12.1 Å². The molecule has 0 radical (unpaired) electrons. The molecule has 3 nitrogen and oxygen atoms in total. The van der Waals surface area contributed by atoms with Crippen molar-refractivity contribution in [2.75, 3.05) is 6.54 Å². The van der Waals surface area contributed by atoms with E-state index in [2.05, 4.69) is 20.7 Å². The average Bonchev–Trinajstić information content (AvgIpc) is 2.26. The first-order chi connectivity index (χ1) is 8.38. The van der Waals surface area contributed by atoms with Gasteiger partial charge in [-0.25, -0.2) is 13.1 Å². The molecule has 1 aromatic rings. The second-order valence-corrected chi connectivity index (χ2v) is 7.37. The zero-order valence-electron chi connectivity index (χ0n) is 9.79. The second-order valence-electron chi connectivity index (χ2n) is 3.79. The van der Waals surface area contributed by atoms with Crippen LogP contribution in [0, 0.1) is 0 Å². The zero-order chi connectivity index (χ0) is 13.8. The highest BCUT2D eigenvalue weighted by Crippen LogP contribution is 2.29. The van der Waals surface area contributed by atoms with Crippen molar-refractivity contribution in [3.05, 3.63) is 27.7 Å². The minimum Gasteiger partial charge on any atom is -0.210 e.